The van der Waals surface area contributed by atoms with E-state index in [1.165, 1.54) is 6.33 Å². The lowest BCUT2D eigenvalue weighted by molar-refractivity contribution is -0.123. The predicted octanol–water partition coefficient (Wildman–Crippen LogP) is 2.56. The summed E-state index contributed by atoms with van der Waals surface area (Å²) in [5.41, 5.74) is 2.22. The summed E-state index contributed by atoms with van der Waals surface area (Å²) in [6.07, 6.45) is 1.51. The Balaban J connectivity index is 1.75. The number of aromatic nitrogens is 2. The second-order valence-electron chi connectivity index (χ2n) is 5.37. The molecule has 0 saturated carbocycles. The molecule has 2 N–H and O–H groups in total. The molecule has 114 valence electrons. The summed E-state index contributed by atoms with van der Waals surface area (Å²) in [6.45, 7) is 4.83. The van der Waals surface area contributed by atoms with E-state index in [9.17, 15) is 4.79 Å². The van der Waals surface area contributed by atoms with Crippen molar-refractivity contribution in [2.45, 2.75) is 13.8 Å². The normalized spacial score (nSPS) is 11.2. The molecule has 3 rings (SSSR count). The zero-order valence-corrected chi connectivity index (χ0v) is 12.6. The van der Waals surface area contributed by atoms with Crippen LogP contribution in [0.3, 0.4) is 0 Å². The minimum absolute atomic E-state index is 0.0128. The van der Waals surface area contributed by atoms with Crippen LogP contribution in [0, 0.1) is 5.92 Å². The topological polar surface area (TPSA) is 80.0 Å². The molecule has 0 spiro atoms. The van der Waals surface area contributed by atoms with Crippen molar-refractivity contribution >= 4 is 33.8 Å². The van der Waals surface area contributed by atoms with Crippen molar-refractivity contribution in [2.75, 3.05) is 18.4 Å². The third kappa shape index (κ3) is 2.72. The van der Waals surface area contributed by atoms with Gasteiger partial charge in [-0.1, -0.05) is 26.0 Å². The first-order chi connectivity index (χ1) is 10.7. The Morgan fingerprint density at radius 1 is 1.23 bits per heavy atom. The number of para-hydroxylation sites is 1. The van der Waals surface area contributed by atoms with Crippen LogP contribution in [0.15, 0.2) is 35.0 Å². The van der Waals surface area contributed by atoms with Crippen LogP contribution in [-0.2, 0) is 4.79 Å². The number of furan rings is 1. The van der Waals surface area contributed by atoms with Gasteiger partial charge in [0.15, 0.2) is 11.4 Å². The Kier molecular flexibility index (Phi) is 3.91. The van der Waals surface area contributed by atoms with Gasteiger partial charge in [-0.25, -0.2) is 9.97 Å². The van der Waals surface area contributed by atoms with Gasteiger partial charge in [-0.2, -0.15) is 0 Å². The highest BCUT2D eigenvalue weighted by molar-refractivity contribution is 6.05. The van der Waals surface area contributed by atoms with Crippen molar-refractivity contribution in [2.24, 2.45) is 5.92 Å². The molecule has 0 radical (unpaired) electrons. The number of nitrogens with zero attached hydrogens (tertiary/aromatic N) is 2. The lowest BCUT2D eigenvalue weighted by atomic mass is 10.2. The Hall–Kier alpha value is -2.63. The largest absolute Gasteiger partial charge is 0.450 e. The van der Waals surface area contributed by atoms with E-state index < -0.39 is 0 Å². The van der Waals surface area contributed by atoms with Gasteiger partial charge >= 0.3 is 0 Å². The zero-order chi connectivity index (χ0) is 15.5. The van der Waals surface area contributed by atoms with Gasteiger partial charge < -0.3 is 15.1 Å². The van der Waals surface area contributed by atoms with E-state index >= 15 is 0 Å². The molecule has 0 aliphatic heterocycles. The summed E-state index contributed by atoms with van der Waals surface area (Å²) in [5.74, 6) is 0.666. The molecule has 0 saturated heterocycles. The Bertz CT molecular complexity index is 810. The van der Waals surface area contributed by atoms with Gasteiger partial charge in [0.05, 0.1) is 0 Å². The lowest BCUT2D eigenvalue weighted by Crippen LogP contribution is -2.32. The molecule has 2 heterocycles. The molecule has 0 bridgehead atoms. The van der Waals surface area contributed by atoms with E-state index in [1.807, 2.05) is 38.1 Å². The molecule has 2 aromatic heterocycles. The van der Waals surface area contributed by atoms with Crippen molar-refractivity contribution in [1.29, 1.82) is 0 Å². The maximum absolute atomic E-state index is 11.5. The number of carbonyl (C=O) groups is 1. The van der Waals surface area contributed by atoms with E-state index in [4.69, 9.17) is 4.42 Å². The van der Waals surface area contributed by atoms with Gasteiger partial charge in [0.25, 0.3) is 0 Å². The maximum Gasteiger partial charge on any atom is 0.222 e. The van der Waals surface area contributed by atoms with Gasteiger partial charge in [0.1, 0.15) is 17.4 Å². The van der Waals surface area contributed by atoms with Gasteiger partial charge in [-0.05, 0) is 12.1 Å². The third-order valence-electron chi connectivity index (χ3n) is 3.40. The molecule has 0 unspecified atom stereocenters. The highest BCUT2D eigenvalue weighted by atomic mass is 16.3. The number of hydrogen-bond acceptors (Lipinski definition) is 5. The molecule has 1 amide bonds. The molecule has 6 nitrogen and oxygen atoms in total. The molecule has 0 atom stereocenters. The number of anilines is 1. The molecule has 0 aliphatic rings. The zero-order valence-electron chi connectivity index (χ0n) is 12.6. The number of nitrogens with one attached hydrogen (secondary N) is 2. The van der Waals surface area contributed by atoms with Crippen LogP contribution in [0.5, 0.6) is 0 Å². The first kappa shape index (κ1) is 14.3. The van der Waals surface area contributed by atoms with E-state index in [0.29, 0.717) is 24.5 Å². The fourth-order valence-electron chi connectivity index (χ4n) is 2.22. The highest BCUT2D eigenvalue weighted by Crippen LogP contribution is 2.29. The summed E-state index contributed by atoms with van der Waals surface area (Å²) in [5, 5.41) is 7.00. The number of carbonyl (C=O) groups excluding carboxylic acids is 1. The summed E-state index contributed by atoms with van der Waals surface area (Å²) in [6, 6.07) is 7.76. The van der Waals surface area contributed by atoms with Crippen molar-refractivity contribution in [1.82, 2.24) is 15.3 Å². The molecular formula is C16H18N4O2. The summed E-state index contributed by atoms with van der Waals surface area (Å²) >= 11 is 0. The second-order valence-corrected chi connectivity index (χ2v) is 5.37. The van der Waals surface area contributed by atoms with E-state index in [0.717, 1.165) is 16.5 Å². The van der Waals surface area contributed by atoms with Gasteiger partial charge in [0.2, 0.25) is 5.91 Å². The Labute approximate surface area is 127 Å². The average molecular weight is 298 g/mol. The minimum atomic E-state index is -0.0128. The maximum atomic E-state index is 11.5. The molecule has 6 heteroatoms. The smallest absolute Gasteiger partial charge is 0.222 e. The highest BCUT2D eigenvalue weighted by Gasteiger charge is 2.12. The number of amides is 1. The fourth-order valence-corrected chi connectivity index (χ4v) is 2.22. The Morgan fingerprint density at radius 3 is 2.86 bits per heavy atom. The standard InChI is InChI=1S/C16H18N4O2/c1-10(2)16(21)18-8-7-17-15-14-13(19-9-20-15)11-5-3-4-6-12(11)22-14/h3-6,9-10H,7-8H2,1-2H3,(H,18,21)(H,17,19,20). The molecule has 22 heavy (non-hydrogen) atoms. The van der Waals surface area contributed by atoms with E-state index in [1.54, 1.807) is 0 Å². The number of benzene rings is 1. The number of hydrogen-bond donors (Lipinski definition) is 2. The Morgan fingerprint density at radius 2 is 2.05 bits per heavy atom. The minimum Gasteiger partial charge on any atom is -0.450 e. The van der Waals surface area contributed by atoms with Crippen LogP contribution >= 0.6 is 0 Å². The first-order valence-electron chi connectivity index (χ1n) is 7.30. The van der Waals surface area contributed by atoms with Crippen molar-refractivity contribution < 1.29 is 9.21 Å². The predicted molar refractivity (Wildman–Crippen MR) is 85.6 cm³/mol. The van der Waals surface area contributed by atoms with Crippen LogP contribution < -0.4 is 10.6 Å². The number of rotatable bonds is 5. The summed E-state index contributed by atoms with van der Waals surface area (Å²) < 4.78 is 5.83. The molecule has 1 aromatic carbocycles. The quantitative estimate of drug-likeness (QED) is 0.708. The summed E-state index contributed by atoms with van der Waals surface area (Å²) in [4.78, 5) is 20.0. The molecule has 0 aliphatic carbocycles. The van der Waals surface area contributed by atoms with Crippen molar-refractivity contribution in [3.05, 3.63) is 30.6 Å². The van der Waals surface area contributed by atoms with Crippen molar-refractivity contribution in [3.63, 3.8) is 0 Å². The van der Waals surface area contributed by atoms with Crippen LogP contribution in [-0.4, -0.2) is 29.0 Å². The second kappa shape index (κ2) is 6.01. The summed E-state index contributed by atoms with van der Waals surface area (Å²) in [7, 11) is 0. The van der Waals surface area contributed by atoms with Gasteiger partial charge in [-0.15, -0.1) is 0 Å². The molecular weight excluding hydrogens is 280 g/mol. The van der Waals surface area contributed by atoms with Crippen LogP contribution in [0.25, 0.3) is 22.1 Å². The number of fused-ring (bicyclic) bond motifs is 3. The van der Waals surface area contributed by atoms with Gasteiger partial charge in [0, 0.05) is 24.4 Å². The third-order valence-corrected chi connectivity index (χ3v) is 3.40. The average Bonchev–Trinajstić information content (AvgIpc) is 2.90. The lowest BCUT2D eigenvalue weighted by Gasteiger charge is -2.08. The van der Waals surface area contributed by atoms with E-state index in [2.05, 4.69) is 20.6 Å². The van der Waals surface area contributed by atoms with E-state index in [-0.39, 0.29) is 11.8 Å². The van der Waals surface area contributed by atoms with Crippen LogP contribution in [0.1, 0.15) is 13.8 Å². The molecule has 0 fully saturated rings. The van der Waals surface area contributed by atoms with Crippen LogP contribution in [0.2, 0.25) is 0 Å². The van der Waals surface area contributed by atoms with Gasteiger partial charge in [-0.3, -0.25) is 4.79 Å². The van der Waals surface area contributed by atoms with Crippen molar-refractivity contribution in [3.8, 4) is 0 Å². The molecule has 3 aromatic rings. The fraction of sp³-hybridized carbons (Fsp3) is 0.312. The first-order valence-corrected chi connectivity index (χ1v) is 7.30. The van der Waals surface area contributed by atoms with Crippen LogP contribution in [0.4, 0.5) is 5.82 Å². The monoisotopic (exact) mass is 298 g/mol. The SMILES string of the molecule is CC(C)C(=O)NCCNc1ncnc2c1oc1ccccc12.